The monoisotopic (exact) mass is 496 g/mol. The highest BCUT2D eigenvalue weighted by molar-refractivity contribution is 7.89. The lowest BCUT2D eigenvalue weighted by atomic mass is 10.2. The van der Waals surface area contributed by atoms with Crippen molar-refractivity contribution in [2.45, 2.75) is 4.90 Å². The van der Waals surface area contributed by atoms with E-state index in [1.165, 1.54) is 10.4 Å². The number of amides is 1. The van der Waals surface area contributed by atoms with Crippen LogP contribution in [0.1, 0.15) is 10.4 Å². The van der Waals surface area contributed by atoms with Crippen molar-refractivity contribution >= 4 is 44.3 Å². The molecule has 0 radical (unpaired) electrons. The van der Waals surface area contributed by atoms with Crippen molar-refractivity contribution in [3.8, 4) is 5.69 Å². The van der Waals surface area contributed by atoms with Crippen LogP contribution in [0, 0.1) is 0 Å². The van der Waals surface area contributed by atoms with Gasteiger partial charge in [-0.05, 0) is 54.6 Å². The van der Waals surface area contributed by atoms with Crippen LogP contribution in [-0.2, 0) is 14.8 Å². The van der Waals surface area contributed by atoms with E-state index in [0.717, 1.165) is 11.0 Å². The third kappa shape index (κ3) is 4.30. The molecule has 0 atom stereocenters. The zero-order chi connectivity index (χ0) is 23.7. The number of ether oxygens (including phenoxy) is 1. The summed E-state index contributed by atoms with van der Waals surface area (Å²) in [7, 11) is -3.76. The van der Waals surface area contributed by atoms with Gasteiger partial charge in [-0.3, -0.25) is 9.36 Å². The molecule has 1 amide bonds. The van der Waals surface area contributed by atoms with Crippen molar-refractivity contribution < 1.29 is 17.9 Å². The maximum atomic E-state index is 13.3. The summed E-state index contributed by atoms with van der Waals surface area (Å²) < 4.78 is 35.0. The largest absolute Gasteiger partial charge is 0.379 e. The number of hydrogen-bond acceptors (Lipinski definition) is 5. The Morgan fingerprint density at radius 1 is 1.00 bits per heavy atom. The van der Waals surface area contributed by atoms with Gasteiger partial charge in [0.25, 0.3) is 5.91 Å². The number of benzene rings is 3. The van der Waals surface area contributed by atoms with E-state index in [0.29, 0.717) is 35.2 Å². The molecule has 5 rings (SSSR count). The zero-order valence-corrected chi connectivity index (χ0v) is 19.6. The van der Waals surface area contributed by atoms with E-state index >= 15 is 0 Å². The Morgan fingerprint density at radius 2 is 1.74 bits per heavy atom. The molecule has 1 fully saturated rings. The summed E-state index contributed by atoms with van der Waals surface area (Å²) in [4.78, 5) is 17.5. The molecule has 1 aliphatic heterocycles. The number of morpholine rings is 1. The van der Waals surface area contributed by atoms with Crippen LogP contribution in [0.15, 0.2) is 78.0 Å². The van der Waals surface area contributed by atoms with E-state index < -0.39 is 10.0 Å². The van der Waals surface area contributed by atoms with Crippen molar-refractivity contribution in [2.75, 3.05) is 31.6 Å². The molecule has 34 heavy (non-hydrogen) atoms. The van der Waals surface area contributed by atoms with Crippen LogP contribution in [0.4, 0.5) is 5.69 Å². The summed E-state index contributed by atoms with van der Waals surface area (Å²) in [6.07, 6.45) is 1.65. The fraction of sp³-hybridized carbons (Fsp3) is 0.167. The summed E-state index contributed by atoms with van der Waals surface area (Å²) >= 11 is 5.95. The van der Waals surface area contributed by atoms with Crippen molar-refractivity contribution in [3.63, 3.8) is 0 Å². The van der Waals surface area contributed by atoms with Gasteiger partial charge >= 0.3 is 0 Å². The number of anilines is 1. The number of imidazole rings is 1. The lowest BCUT2D eigenvalue weighted by Gasteiger charge is -2.26. The number of hydrogen-bond donors (Lipinski definition) is 1. The smallest absolute Gasteiger partial charge is 0.255 e. The summed E-state index contributed by atoms with van der Waals surface area (Å²) in [5.41, 5.74) is 2.94. The second-order valence-corrected chi connectivity index (χ2v) is 10.1. The highest BCUT2D eigenvalue weighted by Crippen LogP contribution is 2.29. The van der Waals surface area contributed by atoms with Crippen LogP contribution in [0.2, 0.25) is 5.02 Å². The minimum absolute atomic E-state index is 0.0916. The second kappa shape index (κ2) is 9.19. The quantitative estimate of drug-likeness (QED) is 0.451. The van der Waals surface area contributed by atoms with E-state index in [2.05, 4.69) is 10.3 Å². The van der Waals surface area contributed by atoms with Crippen LogP contribution in [0.5, 0.6) is 0 Å². The molecule has 1 aromatic heterocycles. The summed E-state index contributed by atoms with van der Waals surface area (Å²) in [5.74, 6) is -0.386. The fourth-order valence-corrected chi connectivity index (χ4v) is 5.43. The SMILES string of the molecule is O=C(Nc1cc(S(=O)(=O)N2CCOCC2)ccc1-n1cnc2ccccc21)c1ccc(Cl)cc1. The number of aromatic nitrogens is 2. The molecule has 1 saturated heterocycles. The fourth-order valence-electron chi connectivity index (χ4n) is 3.87. The van der Waals surface area contributed by atoms with Crippen LogP contribution < -0.4 is 5.32 Å². The number of rotatable bonds is 5. The van der Waals surface area contributed by atoms with Crippen molar-refractivity contribution in [3.05, 3.63) is 83.6 Å². The number of carbonyl (C=O) groups excluding carboxylic acids is 1. The first kappa shape index (κ1) is 22.5. The first-order valence-corrected chi connectivity index (χ1v) is 12.5. The standard InChI is InChI=1S/C24H21ClN4O4S/c25-18-7-5-17(6-8-18)24(30)27-21-15-19(34(31,32)28-11-13-33-14-12-28)9-10-23(21)29-16-26-20-3-1-2-4-22(20)29/h1-10,15-16H,11-14H2,(H,27,30). The van der Waals surface area contributed by atoms with Crippen molar-refractivity contribution in [1.82, 2.24) is 13.9 Å². The normalized spacial score (nSPS) is 14.9. The number of para-hydroxylation sites is 2. The summed E-state index contributed by atoms with van der Waals surface area (Å²) in [6.45, 7) is 1.25. The lowest BCUT2D eigenvalue weighted by molar-refractivity contribution is 0.0730. The predicted molar refractivity (Wildman–Crippen MR) is 130 cm³/mol. The lowest BCUT2D eigenvalue weighted by Crippen LogP contribution is -2.40. The topological polar surface area (TPSA) is 93.5 Å². The molecule has 1 aliphatic rings. The highest BCUT2D eigenvalue weighted by atomic mass is 35.5. The van der Waals surface area contributed by atoms with Crippen molar-refractivity contribution in [2.24, 2.45) is 0 Å². The third-order valence-corrected chi connectivity index (χ3v) is 7.79. The zero-order valence-electron chi connectivity index (χ0n) is 18.0. The van der Waals surface area contributed by atoms with Gasteiger partial charge in [0, 0.05) is 23.7 Å². The Balaban J connectivity index is 1.59. The average Bonchev–Trinajstić information content (AvgIpc) is 3.29. The Bertz CT molecular complexity index is 1460. The Hall–Kier alpha value is -3.24. The van der Waals surface area contributed by atoms with E-state index in [9.17, 15) is 13.2 Å². The van der Waals surface area contributed by atoms with E-state index in [1.807, 2.05) is 28.8 Å². The number of fused-ring (bicyclic) bond motifs is 1. The Labute approximate surface area is 201 Å². The van der Waals surface area contributed by atoms with Gasteiger partial charge in [-0.15, -0.1) is 0 Å². The minimum atomic E-state index is -3.76. The molecule has 0 bridgehead atoms. The summed E-state index contributed by atoms with van der Waals surface area (Å²) in [5, 5.41) is 3.39. The Kier molecular flexibility index (Phi) is 6.09. The molecule has 2 heterocycles. The first-order valence-electron chi connectivity index (χ1n) is 10.6. The number of nitrogens with zero attached hydrogens (tertiary/aromatic N) is 3. The molecular weight excluding hydrogens is 476 g/mol. The molecule has 174 valence electrons. The van der Waals surface area contributed by atoms with E-state index in [-0.39, 0.29) is 23.9 Å². The van der Waals surface area contributed by atoms with Crippen LogP contribution in [0.3, 0.4) is 0 Å². The van der Waals surface area contributed by atoms with E-state index in [4.69, 9.17) is 16.3 Å². The molecule has 1 N–H and O–H groups in total. The first-order chi connectivity index (χ1) is 16.4. The number of carbonyl (C=O) groups is 1. The van der Waals surface area contributed by atoms with Gasteiger partial charge in [0.05, 0.1) is 40.5 Å². The van der Waals surface area contributed by atoms with Crippen LogP contribution >= 0.6 is 11.6 Å². The maximum Gasteiger partial charge on any atom is 0.255 e. The second-order valence-electron chi connectivity index (χ2n) is 7.76. The molecule has 0 unspecified atom stereocenters. The number of halogens is 1. The molecule has 10 heteroatoms. The molecule has 3 aromatic carbocycles. The van der Waals surface area contributed by atoms with Gasteiger partial charge < -0.3 is 10.1 Å². The van der Waals surface area contributed by atoms with Gasteiger partial charge in [-0.1, -0.05) is 23.7 Å². The van der Waals surface area contributed by atoms with Gasteiger partial charge in [-0.2, -0.15) is 4.31 Å². The number of nitrogens with one attached hydrogen (secondary N) is 1. The molecule has 8 nitrogen and oxygen atoms in total. The van der Waals surface area contributed by atoms with Gasteiger partial charge in [0.1, 0.15) is 6.33 Å². The van der Waals surface area contributed by atoms with Gasteiger partial charge in [0.2, 0.25) is 10.0 Å². The molecule has 0 spiro atoms. The molecular formula is C24H21ClN4O4S. The van der Waals surface area contributed by atoms with E-state index in [1.54, 1.807) is 42.7 Å². The van der Waals surface area contributed by atoms with Gasteiger partial charge in [-0.25, -0.2) is 13.4 Å². The predicted octanol–water partition coefficient (Wildman–Crippen LogP) is 3.95. The summed E-state index contributed by atoms with van der Waals surface area (Å²) in [6, 6.07) is 18.8. The molecule has 4 aromatic rings. The third-order valence-electron chi connectivity index (χ3n) is 5.64. The average molecular weight is 497 g/mol. The molecule has 0 saturated carbocycles. The van der Waals surface area contributed by atoms with Crippen molar-refractivity contribution in [1.29, 1.82) is 0 Å². The van der Waals surface area contributed by atoms with Crippen LogP contribution in [0.25, 0.3) is 16.7 Å². The van der Waals surface area contributed by atoms with Gasteiger partial charge in [0.15, 0.2) is 0 Å². The maximum absolute atomic E-state index is 13.3. The van der Waals surface area contributed by atoms with Crippen LogP contribution in [-0.4, -0.2) is 54.5 Å². The Morgan fingerprint density at radius 3 is 2.50 bits per heavy atom. The molecule has 0 aliphatic carbocycles. The number of sulfonamides is 1. The minimum Gasteiger partial charge on any atom is -0.379 e. The highest BCUT2D eigenvalue weighted by Gasteiger charge is 2.27.